The van der Waals surface area contributed by atoms with Crippen molar-refractivity contribution in [3.63, 3.8) is 0 Å². The highest BCUT2D eigenvalue weighted by Crippen LogP contribution is 2.25. The minimum Gasteiger partial charge on any atom is -0.423 e. The molecule has 1 heterocycles. The normalized spacial score (nSPS) is 15.6. The van der Waals surface area contributed by atoms with Gasteiger partial charge in [-0.05, 0) is 42.5 Å². The van der Waals surface area contributed by atoms with Crippen molar-refractivity contribution in [2.45, 2.75) is 4.90 Å². The van der Waals surface area contributed by atoms with Gasteiger partial charge in [-0.1, -0.05) is 23.2 Å². The van der Waals surface area contributed by atoms with E-state index in [4.69, 9.17) is 32.7 Å². The summed E-state index contributed by atoms with van der Waals surface area (Å²) in [6.07, 6.45) is 0. The number of esters is 1. The van der Waals surface area contributed by atoms with Gasteiger partial charge in [0.25, 0.3) is 0 Å². The SMILES string of the molecule is O=C(Oc1ccc(Cl)cc1)c1cc(S(=O)(=O)N2CCOCC2)ccc1Cl. The van der Waals surface area contributed by atoms with E-state index in [0.29, 0.717) is 18.2 Å². The van der Waals surface area contributed by atoms with Gasteiger partial charge in [0.05, 0.1) is 28.7 Å². The van der Waals surface area contributed by atoms with Gasteiger partial charge in [-0.2, -0.15) is 4.31 Å². The number of morpholine rings is 1. The highest BCUT2D eigenvalue weighted by Gasteiger charge is 2.28. The van der Waals surface area contributed by atoms with Crippen LogP contribution in [0.1, 0.15) is 10.4 Å². The molecular formula is C17H15Cl2NO5S. The molecule has 9 heteroatoms. The molecular weight excluding hydrogens is 401 g/mol. The van der Waals surface area contributed by atoms with Crippen LogP contribution < -0.4 is 4.74 Å². The van der Waals surface area contributed by atoms with Crippen LogP contribution in [0.5, 0.6) is 5.75 Å². The molecule has 6 nitrogen and oxygen atoms in total. The molecule has 0 saturated carbocycles. The first-order valence-corrected chi connectivity index (χ1v) is 9.93. The average molecular weight is 416 g/mol. The summed E-state index contributed by atoms with van der Waals surface area (Å²) >= 11 is 11.9. The maximum Gasteiger partial charge on any atom is 0.345 e. The molecule has 2 aromatic carbocycles. The van der Waals surface area contributed by atoms with E-state index in [1.807, 2.05) is 0 Å². The van der Waals surface area contributed by atoms with Crippen molar-refractivity contribution < 1.29 is 22.7 Å². The van der Waals surface area contributed by atoms with Crippen LogP contribution in [0, 0.1) is 0 Å². The lowest BCUT2D eigenvalue weighted by atomic mass is 10.2. The molecule has 0 bridgehead atoms. The molecule has 0 spiro atoms. The molecule has 2 aromatic rings. The number of benzene rings is 2. The molecule has 1 fully saturated rings. The first-order chi connectivity index (χ1) is 12.4. The smallest absolute Gasteiger partial charge is 0.345 e. The van der Waals surface area contributed by atoms with Crippen molar-refractivity contribution >= 4 is 39.2 Å². The molecule has 138 valence electrons. The topological polar surface area (TPSA) is 72.9 Å². The Morgan fingerprint density at radius 3 is 2.35 bits per heavy atom. The lowest BCUT2D eigenvalue weighted by Gasteiger charge is -2.26. The van der Waals surface area contributed by atoms with Crippen LogP contribution in [0.4, 0.5) is 0 Å². The summed E-state index contributed by atoms with van der Waals surface area (Å²) in [6.45, 7) is 1.18. The number of rotatable bonds is 4. The van der Waals surface area contributed by atoms with Gasteiger partial charge in [0.1, 0.15) is 5.75 Å². The number of hydrogen-bond donors (Lipinski definition) is 0. The number of nitrogens with zero attached hydrogens (tertiary/aromatic N) is 1. The molecule has 0 atom stereocenters. The summed E-state index contributed by atoms with van der Waals surface area (Å²) in [7, 11) is -3.74. The zero-order valence-electron chi connectivity index (χ0n) is 13.5. The van der Waals surface area contributed by atoms with Crippen molar-refractivity contribution in [1.29, 1.82) is 0 Å². The Bertz CT molecular complexity index is 909. The van der Waals surface area contributed by atoms with Crippen molar-refractivity contribution in [3.05, 3.63) is 58.1 Å². The molecule has 0 aromatic heterocycles. The van der Waals surface area contributed by atoms with Crippen molar-refractivity contribution in [2.75, 3.05) is 26.3 Å². The fraction of sp³-hybridized carbons (Fsp3) is 0.235. The Labute approximate surface area is 161 Å². The summed E-state index contributed by atoms with van der Waals surface area (Å²) in [4.78, 5) is 12.4. The summed E-state index contributed by atoms with van der Waals surface area (Å²) in [6, 6.07) is 10.2. The quantitative estimate of drug-likeness (QED) is 0.565. The van der Waals surface area contributed by atoms with Gasteiger partial charge in [-0.25, -0.2) is 13.2 Å². The van der Waals surface area contributed by atoms with E-state index in [-0.39, 0.29) is 34.3 Å². The van der Waals surface area contributed by atoms with Crippen LogP contribution >= 0.6 is 23.2 Å². The molecule has 1 saturated heterocycles. The second-order valence-electron chi connectivity index (χ2n) is 5.50. The zero-order chi connectivity index (χ0) is 18.7. The third-order valence-electron chi connectivity index (χ3n) is 3.79. The number of hydrogen-bond acceptors (Lipinski definition) is 5. The van der Waals surface area contributed by atoms with Crippen LogP contribution in [-0.2, 0) is 14.8 Å². The number of carbonyl (C=O) groups excluding carboxylic acids is 1. The first kappa shape index (κ1) is 19.1. The van der Waals surface area contributed by atoms with Gasteiger partial charge < -0.3 is 9.47 Å². The Morgan fingerprint density at radius 2 is 1.69 bits per heavy atom. The Hall–Kier alpha value is -1.64. The summed E-state index contributed by atoms with van der Waals surface area (Å²) in [5.74, 6) is -0.478. The maximum atomic E-state index is 12.7. The van der Waals surface area contributed by atoms with Crippen LogP contribution in [0.15, 0.2) is 47.4 Å². The third-order valence-corrected chi connectivity index (χ3v) is 6.27. The van der Waals surface area contributed by atoms with Gasteiger partial charge >= 0.3 is 5.97 Å². The molecule has 0 amide bonds. The molecule has 1 aliphatic heterocycles. The molecule has 26 heavy (non-hydrogen) atoms. The van der Waals surface area contributed by atoms with E-state index in [2.05, 4.69) is 0 Å². The fourth-order valence-electron chi connectivity index (χ4n) is 2.42. The number of sulfonamides is 1. The minimum atomic E-state index is -3.74. The van der Waals surface area contributed by atoms with Crippen LogP contribution in [-0.4, -0.2) is 45.0 Å². The van der Waals surface area contributed by atoms with E-state index in [0.717, 1.165) is 0 Å². The van der Waals surface area contributed by atoms with Crippen molar-refractivity contribution in [3.8, 4) is 5.75 Å². The largest absolute Gasteiger partial charge is 0.423 e. The predicted octanol–water partition coefficient (Wildman–Crippen LogP) is 3.23. The number of carbonyl (C=O) groups is 1. The highest BCUT2D eigenvalue weighted by molar-refractivity contribution is 7.89. The molecule has 0 radical (unpaired) electrons. The molecule has 0 unspecified atom stereocenters. The first-order valence-electron chi connectivity index (χ1n) is 7.73. The Balaban J connectivity index is 1.87. The number of halogens is 2. The second kappa shape index (κ2) is 7.94. The summed E-state index contributed by atoms with van der Waals surface area (Å²) in [5.41, 5.74) is -0.0315. The lowest BCUT2D eigenvalue weighted by Crippen LogP contribution is -2.40. The summed E-state index contributed by atoms with van der Waals surface area (Å²) in [5, 5.41) is 0.603. The van der Waals surface area contributed by atoms with E-state index < -0.39 is 16.0 Å². The highest BCUT2D eigenvalue weighted by atomic mass is 35.5. The fourth-order valence-corrected chi connectivity index (χ4v) is 4.18. The number of ether oxygens (including phenoxy) is 2. The van der Waals surface area contributed by atoms with E-state index in [1.165, 1.54) is 34.6 Å². The zero-order valence-corrected chi connectivity index (χ0v) is 15.9. The van der Waals surface area contributed by atoms with Crippen molar-refractivity contribution in [1.82, 2.24) is 4.31 Å². The maximum absolute atomic E-state index is 12.7. The second-order valence-corrected chi connectivity index (χ2v) is 8.28. The van der Waals surface area contributed by atoms with Crippen LogP contribution in [0.3, 0.4) is 0 Å². The standard InChI is InChI=1S/C17H15Cl2NO5S/c18-12-1-3-13(4-2-12)25-17(21)15-11-14(5-6-16(15)19)26(22,23)20-7-9-24-10-8-20/h1-6,11H,7-10H2. The average Bonchev–Trinajstić information content (AvgIpc) is 2.64. The van der Waals surface area contributed by atoms with Crippen molar-refractivity contribution in [2.24, 2.45) is 0 Å². The van der Waals surface area contributed by atoms with Gasteiger partial charge in [-0.3, -0.25) is 0 Å². The summed E-state index contributed by atoms with van der Waals surface area (Å²) < 4.78 is 37.2. The third kappa shape index (κ3) is 4.19. The molecule has 3 rings (SSSR count). The van der Waals surface area contributed by atoms with E-state index in [9.17, 15) is 13.2 Å². The van der Waals surface area contributed by atoms with Crippen LogP contribution in [0.2, 0.25) is 10.0 Å². The lowest BCUT2D eigenvalue weighted by molar-refractivity contribution is 0.0727. The molecule has 1 aliphatic rings. The van der Waals surface area contributed by atoms with Crippen LogP contribution in [0.25, 0.3) is 0 Å². The predicted molar refractivity (Wildman–Crippen MR) is 97.4 cm³/mol. The monoisotopic (exact) mass is 415 g/mol. The molecule has 0 N–H and O–H groups in total. The van der Waals surface area contributed by atoms with E-state index >= 15 is 0 Å². The Kier molecular flexibility index (Phi) is 5.84. The van der Waals surface area contributed by atoms with E-state index in [1.54, 1.807) is 12.1 Å². The minimum absolute atomic E-state index is 0.0214. The van der Waals surface area contributed by atoms with Gasteiger partial charge in [0.15, 0.2) is 0 Å². The van der Waals surface area contributed by atoms with Gasteiger partial charge in [0.2, 0.25) is 10.0 Å². The van der Waals surface area contributed by atoms with Gasteiger partial charge in [0, 0.05) is 18.1 Å². The molecule has 0 aliphatic carbocycles. The Morgan fingerprint density at radius 1 is 1.04 bits per heavy atom. The van der Waals surface area contributed by atoms with Gasteiger partial charge in [-0.15, -0.1) is 0 Å².